The summed E-state index contributed by atoms with van der Waals surface area (Å²) >= 11 is 0. The first-order valence-electron chi connectivity index (χ1n) is 7.88. The Labute approximate surface area is 122 Å². The molecule has 0 radical (unpaired) electrons. The maximum atomic E-state index is 11.4. The highest BCUT2D eigenvalue weighted by molar-refractivity contribution is 5.78. The minimum atomic E-state index is 0.376. The van der Waals surface area contributed by atoms with Gasteiger partial charge in [0.2, 0.25) is 0 Å². The summed E-state index contributed by atoms with van der Waals surface area (Å²) in [4.78, 5) is 13.8. The molecule has 1 saturated heterocycles. The van der Waals surface area contributed by atoms with Gasteiger partial charge in [0.1, 0.15) is 5.78 Å². The monoisotopic (exact) mass is 277 g/mol. The zero-order chi connectivity index (χ0) is 14.5. The molecule has 4 nitrogen and oxygen atoms in total. The molecule has 0 unspecified atom stereocenters. The van der Waals surface area contributed by atoms with Crippen LogP contribution in [0, 0.1) is 0 Å². The summed E-state index contributed by atoms with van der Waals surface area (Å²) in [5.41, 5.74) is 1.32. The fraction of sp³-hybridized carbons (Fsp3) is 0.750. The maximum Gasteiger partial charge on any atom is 0.133 e. The third-order valence-corrected chi connectivity index (χ3v) is 4.32. The SMILES string of the molecule is CCC(=O)CCN1CCC(n2cc(C(C)C)cn2)CC1. The number of ketones is 1. The molecule has 1 fully saturated rings. The van der Waals surface area contributed by atoms with E-state index in [9.17, 15) is 4.79 Å². The topological polar surface area (TPSA) is 38.1 Å². The second-order valence-electron chi connectivity index (χ2n) is 6.12. The van der Waals surface area contributed by atoms with Gasteiger partial charge in [-0.2, -0.15) is 5.10 Å². The van der Waals surface area contributed by atoms with Crippen molar-refractivity contribution < 1.29 is 4.79 Å². The Morgan fingerprint density at radius 1 is 1.40 bits per heavy atom. The Morgan fingerprint density at radius 3 is 2.65 bits per heavy atom. The third-order valence-electron chi connectivity index (χ3n) is 4.32. The summed E-state index contributed by atoms with van der Waals surface area (Å²) in [6, 6.07) is 0.528. The first-order valence-corrected chi connectivity index (χ1v) is 7.88. The van der Waals surface area contributed by atoms with Gasteiger partial charge in [0.05, 0.1) is 12.2 Å². The summed E-state index contributed by atoms with van der Waals surface area (Å²) in [6.45, 7) is 9.44. The van der Waals surface area contributed by atoms with E-state index in [0.29, 0.717) is 30.6 Å². The predicted octanol–water partition coefficient (Wildman–Crippen LogP) is 3.01. The van der Waals surface area contributed by atoms with Crippen LogP contribution in [0.4, 0.5) is 0 Å². The van der Waals surface area contributed by atoms with Gasteiger partial charge in [-0.3, -0.25) is 9.48 Å². The van der Waals surface area contributed by atoms with Crippen molar-refractivity contribution in [1.29, 1.82) is 0 Å². The number of carbonyl (C=O) groups excluding carboxylic acids is 1. The molecule has 4 heteroatoms. The van der Waals surface area contributed by atoms with Crippen LogP contribution in [0.25, 0.3) is 0 Å². The summed E-state index contributed by atoms with van der Waals surface area (Å²) in [6.07, 6.45) is 7.85. The average molecular weight is 277 g/mol. The summed E-state index contributed by atoms with van der Waals surface area (Å²) in [7, 11) is 0. The van der Waals surface area contributed by atoms with E-state index >= 15 is 0 Å². The molecule has 0 aromatic carbocycles. The normalized spacial score (nSPS) is 17.8. The van der Waals surface area contributed by atoms with Crippen molar-refractivity contribution in [3.8, 4) is 0 Å². The van der Waals surface area contributed by atoms with Crippen LogP contribution >= 0.6 is 0 Å². The van der Waals surface area contributed by atoms with E-state index in [4.69, 9.17) is 0 Å². The lowest BCUT2D eigenvalue weighted by molar-refractivity contribution is -0.119. The van der Waals surface area contributed by atoms with Gasteiger partial charge >= 0.3 is 0 Å². The quantitative estimate of drug-likeness (QED) is 0.802. The van der Waals surface area contributed by atoms with E-state index in [-0.39, 0.29) is 0 Å². The minimum absolute atomic E-state index is 0.376. The number of piperidine rings is 1. The Balaban J connectivity index is 1.80. The molecule has 112 valence electrons. The molecule has 1 aromatic rings. The molecule has 1 aromatic heterocycles. The number of likely N-dealkylation sites (tertiary alicyclic amines) is 1. The number of aromatic nitrogens is 2. The van der Waals surface area contributed by atoms with Crippen molar-refractivity contribution in [3.63, 3.8) is 0 Å². The van der Waals surface area contributed by atoms with Gasteiger partial charge in [-0.15, -0.1) is 0 Å². The van der Waals surface area contributed by atoms with E-state index in [1.54, 1.807) is 0 Å². The Morgan fingerprint density at radius 2 is 2.10 bits per heavy atom. The van der Waals surface area contributed by atoms with Crippen LogP contribution < -0.4 is 0 Å². The van der Waals surface area contributed by atoms with Crippen molar-refractivity contribution in [2.24, 2.45) is 0 Å². The molecule has 0 bridgehead atoms. The van der Waals surface area contributed by atoms with Crippen LogP contribution in [-0.4, -0.2) is 40.1 Å². The van der Waals surface area contributed by atoms with Crippen LogP contribution in [0.5, 0.6) is 0 Å². The molecular weight excluding hydrogens is 250 g/mol. The summed E-state index contributed by atoms with van der Waals surface area (Å²) < 4.78 is 2.14. The van der Waals surface area contributed by atoms with E-state index in [2.05, 4.69) is 34.7 Å². The molecule has 0 atom stereocenters. The zero-order valence-corrected chi connectivity index (χ0v) is 13.0. The molecule has 1 aliphatic heterocycles. The molecule has 20 heavy (non-hydrogen) atoms. The first kappa shape index (κ1) is 15.2. The highest BCUT2D eigenvalue weighted by Crippen LogP contribution is 2.23. The number of rotatable bonds is 6. The second-order valence-corrected chi connectivity index (χ2v) is 6.12. The van der Waals surface area contributed by atoms with Gasteiger partial charge in [-0.1, -0.05) is 20.8 Å². The minimum Gasteiger partial charge on any atom is -0.303 e. The van der Waals surface area contributed by atoms with Gasteiger partial charge in [-0.05, 0) is 24.3 Å². The van der Waals surface area contributed by atoms with E-state index in [1.807, 2.05) is 13.1 Å². The Bertz CT molecular complexity index is 431. The molecule has 2 heterocycles. The lowest BCUT2D eigenvalue weighted by atomic mass is 10.0. The predicted molar refractivity (Wildman–Crippen MR) is 80.9 cm³/mol. The standard InChI is InChI=1S/C16H27N3O/c1-4-16(20)7-10-18-8-5-15(6-9-18)19-12-14(11-17-19)13(2)3/h11-13,15H,4-10H2,1-3H3. The molecule has 2 rings (SSSR count). The van der Waals surface area contributed by atoms with Crippen molar-refractivity contribution in [3.05, 3.63) is 18.0 Å². The van der Waals surface area contributed by atoms with Crippen LogP contribution in [-0.2, 0) is 4.79 Å². The van der Waals surface area contributed by atoms with Gasteiger partial charge in [-0.25, -0.2) is 0 Å². The van der Waals surface area contributed by atoms with Gasteiger partial charge in [0.15, 0.2) is 0 Å². The average Bonchev–Trinajstić information content (AvgIpc) is 2.95. The lowest BCUT2D eigenvalue weighted by Crippen LogP contribution is -2.36. The first-order chi connectivity index (χ1) is 9.60. The number of hydrogen-bond donors (Lipinski definition) is 0. The zero-order valence-electron chi connectivity index (χ0n) is 13.0. The molecule has 0 amide bonds. The fourth-order valence-electron chi connectivity index (χ4n) is 2.72. The van der Waals surface area contributed by atoms with E-state index < -0.39 is 0 Å². The number of nitrogens with zero attached hydrogens (tertiary/aromatic N) is 3. The Kier molecular flexibility index (Phi) is 5.35. The van der Waals surface area contributed by atoms with Crippen molar-refractivity contribution in [2.75, 3.05) is 19.6 Å². The van der Waals surface area contributed by atoms with Crippen LogP contribution in [0.3, 0.4) is 0 Å². The van der Waals surface area contributed by atoms with E-state index in [0.717, 1.165) is 32.5 Å². The Hall–Kier alpha value is -1.16. The molecule has 0 aliphatic carbocycles. The lowest BCUT2D eigenvalue weighted by Gasteiger charge is -2.31. The number of carbonyl (C=O) groups is 1. The smallest absolute Gasteiger partial charge is 0.133 e. The maximum absolute atomic E-state index is 11.4. The molecular formula is C16H27N3O. The fourth-order valence-corrected chi connectivity index (χ4v) is 2.72. The van der Waals surface area contributed by atoms with Gasteiger partial charge in [0, 0.05) is 38.7 Å². The van der Waals surface area contributed by atoms with Crippen LogP contribution in [0.1, 0.15) is 64.0 Å². The summed E-state index contributed by atoms with van der Waals surface area (Å²) in [5, 5.41) is 4.52. The highest BCUT2D eigenvalue weighted by Gasteiger charge is 2.21. The number of hydrogen-bond acceptors (Lipinski definition) is 3. The second kappa shape index (κ2) is 7.02. The summed E-state index contributed by atoms with van der Waals surface area (Å²) in [5.74, 6) is 0.921. The van der Waals surface area contributed by atoms with Crippen LogP contribution in [0.2, 0.25) is 0 Å². The molecule has 0 N–H and O–H groups in total. The van der Waals surface area contributed by atoms with Gasteiger partial charge in [0.25, 0.3) is 0 Å². The highest BCUT2D eigenvalue weighted by atomic mass is 16.1. The molecule has 0 saturated carbocycles. The van der Waals surface area contributed by atoms with Crippen molar-refractivity contribution in [2.45, 2.75) is 58.4 Å². The largest absolute Gasteiger partial charge is 0.303 e. The molecule has 0 spiro atoms. The van der Waals surface area contributed by atoms with E-state index in [1.165, 1.54) is 5.56 Å². The van der Waals surface area contributed by atoms with Crippen molar-refractivity contribution >= 4 is 5.78 Å². The van der Waals surface area contributed by atoms with Gasteiger partial charge < -0.3 is 4.90 Å². The third kappa shape index (κ3) is 3.92. The van der Waals surface area contributed by atoms with Crippen LogP contribution in [0.15, 0.2) is 12.4 Å². The molecule has 1 aliphatic rings. The number of Topliss-reactive ketones (excluding diaryl/α,β-unsaturated/α-hetero) is 1. The van der Waals surface area contributed by atoms with Crippen molar-refractivity contribution in [1.82, 2.24) is 14.7 Å².